The minimum Gasteiger partial charge on any atom is -0.261 e. The number of anilines is 1. The predicted molar refractivity (Wildman–Crippen MR) is 86.7 cm³/mol. The van der Waals surface area contributed by atoms with Gasteiger partial charge in [-0.1, -0.05) is 17.7 Å². The first-order valence-corrected chi connectivity index (χ1v) is 6.80. The smallest absolute Gasteiger partial charge is 0.147 e. The van der Waals surface area contributed by atoms with E-state index in [0.29, 0.717) is 0 Å². The highest BCUT2D eigenvalue weighted by Gasteiger charge is 2.02. The Morgan fingerprint density at radius 1 is 1.10 bits per heavy atom. The van der Waals surface area contributed by atoms with Crippen molar-refractivity contribution in [1.29, 1.82) is 0 Å². The van der Waals surface area contributed by atoms with Crippen molar-refractivity contribution in [2.75, 3.05) is 5.43 Å². The number of aryl methyl sites for hydroxylation is 2. The van der Waals surface area contributed by atoms with Crippen LogP contribution in [0.3, 0.4) is 0 Å². The minimum absolute atomic E-state index is 0.732. The summed E-state index contributed by atoms with van der Waals surface area (Å²) in [6.45, 7) is 4.17. The van der Waals surface area contributed by atoms with Crippen LogP contribution in [0.15, 0.2) is 53.8 Å². The topological polar surface area (TPSA) is 50.2 Å². The number of hydrazone groups is 1. The first-order valence-electron chi connectivity index (χ1n) is 6.80. The molecule has 0 atom stereocenters. The van der Waals surface area contributed by atoms with Gasteiger partial charge in [0, 0.05) is 11.6 Å². The van der Waals surface area contributed by atoms with Gasteiger partial charge < -0.3 is 0 Å². The van der Waals surface area contributed by atoms with Gasteiger partial charge in [-0.15, -0.1) is 0 Å². The quantitative estimate of drug-likeness (QED) is 0.586. The molecule has 0 aliphatic heterocycles. The summed E-state index contributed by atoms with van der Waals surface area (Å²) in [6.07, 6.45) is 3.42. The van der Waals surface area contributed by atoms with Gasteiger partial charge in [-0.25, -0.2) is 4.98 Å². The van der Waals surface area contributed by atoms with E-state index >= 15 is 0 Å². The van der Waals surface area contributed by atoms with E-state index in [1.807, 2.05) is 30.3 Å². The molecule has 0 saturated carbocycles. The van der Waals surface area contributed by atoms with Crippen molar-refractivity contribution >= 4 is 22.9 Å². The average molecular weight is 276 g/mol. The van der Waals surface area contributed by atoms with E-state index in [9.17, 15) is 0 Å². The molecule has 2 heterocycles. The number of fused-ring (bicyclic) bond motifs is 1. The number of rotatable bonds is 3. The van der Waals surface area contributed by atoms with Gasteiger partial charge in [0.2, 0.25) is 0 Å². The summed E-state index contributed by atoms with van der Waals surface area (Å²) >= 11 is 0. The SMILES string of the molecule is Cc1ccc2nc(N/N=C/c3ccccn3)cc(C)c2c1. The molecular weight excluding hydrogens is 260 g/mol. The maximum Gasteiger partial charge on any atom is 0.147 e. The number of pyridine rings is 2. The van der Waals surface area contributed by atoms with Crippen LogP contribution in [0, 0.1) is 13.8 Å². The van der Waals surface area contributed by atoms with E-state index in [0.717, 1.165) is 17.0 Å². The number of benzene rings is 1. The average Bonchev–Trinajstić information content (AvgIpc) is 2.49. The molecule has 1 aromatic carbocycles. The molecule has 21 heavy (non-hydrogen) atoms. The number of hydrogen-bond donors (Lipinski definition) is 1. The molecule has 0 saturated heterocycles. The van der Waals surface area contributed by atoms with Gasteiger partial charge in [0.05, 0.1) is 17.4 Å². The second-order valence-electron chi connectivity index (χ2n) is 4.97. The molecule has 0 fully saturated rings. The molecule has 0 aliphatic carbocycles. The van der Waals surface area contributed by atoms with Crippen molar-refractivity contribution in [3.8, 4) is 0 Å². The van der Waals surface area contributed by atoms with Crippen molar-refractivity contribution in [3.63, 3.8) is 0 Å². The second kappa shape index (κ2) is 5.71. The monoisotopic (exact) mass is 276 g/mol. The fourth-order valence-electron chi connectivity index (χ4n) is 2.18. The van der Waals surface area contributed by atoms with Gasteiger partial charge in [0.1, 0.15) is 5.82 Å². The van der Waals surface area contributed by atoms with Gasteiger partial charge in [-0.05, 0) is 49.7 Å². The van der Waals surface area contributed by atoms with Crippen LogP contribution >= 0.6 is 0 Å². The molecule has 104 valence electrons. The number of nitrogens with zero attached hydrogens (tertiary/aromatic N) is 3. The Morgan fingerprint density at radius 3 is 2.81 bits per heavy atom. The van der Waals surface area contributed by atoms with E-state index < -0.39 is 0 Å². The highest BCUT2D eigenvalue weighted by molar-refractivity contribution is 5.84. The normalized spacial score (nSPS) is 11.1. The Morgan fingerprint density at radius 2 is 2.00 bits per heavy atom. The Bertz CT molecular complexity index is 794. The van der Waals surface area contributed by atoms with Gasteiger partial charge in [-0.3, -0.25) is 10.4 Å². The maximum atomic E-state index is 4.56. The Balaban J connectivity index is 1.85. The zero-order valence-electron chi connectivity index (χ0n) is 12.0. The third kappa shape index (κ3) is 3.05. The largest absolute Gasteiger partial charge is 0.261 e. The van der Waals surface area contributed by atoms with Crippen molar-refractivity contribution < 1.29 is 0 Å². The molecular formula is C17H16N4. The summed E-state index contributed by atoms with van der Waals surface area (Å²) in [7, 11) is 0. The van der Waals surface area contributed by atoms with Gasteiger partial charge in [0.15, 0.2) is 0 Å². The number of aromatic nitrogens is 2. The van der Waals surface area contributed by atoms with E-state index in [1.54, 1.807) is 12.4 Å². The minimum atomic E-state index is 0.732. The highest BCUT2D eigenvalue weighted by atomic mass is 15.3. The molecule has 3 aromatic rings. The molecule has 3 rings (SSSR count). The Hall–Kier alpha value is -2.75. The number of hydrogen-bond acceptors (Lipinski definition) is 4. The van der Waals surface area contributed by atoms with E-state index in [-0.39, 0.29) is 0 Å². The molecule has 1 N–H and O–H groups in total. The van der Waals surface area contributed by atoms with Crippen molar-refractivity contribution in [1.82, 2.24) is 9.97 Å². The van der Waals surface area contributed by atoms with Gasteiger partial charge in [-0.2, -0.15) is 5.10 Å². The van der Waals surface area contributed by atoms with E-state index in [2.05, 4.69) is 46.5 Å². The molecule has 4 nitrogen and oxygen atoms in total. The standard InChI is InChI=1S/C17H16N4/c1-12-6-7-16-15(9-12)13(2)10-17(20-16)21-19-11-14-5-3-4-8-18-14/h3-11H,1-2H3,(H,20,21)/b19-11+. The van der Waals surface area contributed by atoms with E-state index in [4.69, 9.17) is 0 Å². The number of nitrogens with one attached hydrogen (secondary N) is 1. The lowest BCUT2D eigenvalue weighted by Gasteiger charge is -2.06. The van der Waals surface area contributed by atoms with Crippen LogP contribution in [0.2, 0.25) is 0 Å². The summed E-state index contributed by atoms with van der Waals surface area (Å²) in [4.78, 5) is 8.74. The molecule has 0 bridgehead atoms. The fourth-order valence-corrected chi connectivity index (χ4v) is 2.18. The summed E-state index contributed by atoms with van der Waals surface area (Å²) in [6, 6.07) is 13.9. The lowest BCUT2D eigenvalue weighted by molar-refractivity contribution is 1.23. The fraction of sp³-hybridized carbons (Fsp3) is 0.118. The molecule has 2 aromatic heterocycles. The summed E-state index contributed by atoms with van der Waals surface area (Å²) < 4.78 is 0. The first kappa shape index (κ1) is 13.2. The third-order valence-electron chi connectivity index (χ3n) is 3.23. The van der Waals surface area contributed by atoms with E-state index in [1.165, 1.54) is 16.5 Å². The molecule has 0 spiro atoms. The summed E-state index contributed by atoms with van der Waals surface area (Å²) in [5, 5.41) is 5.35. The van der Waals surface area contributed by atoms with Crippen LogP contribution in [-0.2, 0) is 0 Å². The van der Waals surface area contributed by atoms with Crippen molar-refractivity contribution in [3.05, 3.63) is 65.5 Å². The van der Waals surface area contributed by atoms with Crippen molar-refractivity contribution in [2.45, 2.75) is 13.8 Å². The molecule has 4 heteroatoms. The lowest BCUT2D eigenvalue weighted by Crippen LogP contribution is -1.96. The molecule has 0 amide bonds. The summed E-state index contributed by atoms with van der Waals surface area (Å²) in [5.41, 5.74) is 7.15. The van der Waals surface area contributed by atoms with Crippen molar-refractivity contribution in [2.24, 2.45) is 5.10 Å². The van der Waals surface area contributed by atoms with Gasteiger partial charge in [0.25, 0.3) is 0 Å². The van der Waals surface area contributed by atoms with Crippen LogP contribution in [-0.4, -0.2) is 16.2 Å². The lowest BCUT2D eigenvalue weighted by atomic mass is 10.1. The molecule has 0 radical (unpaired) electrons. The van der Waals surface area contributed by atoms with Crippen LogP contribution < -0.4 is 5.43 Å². The zero-order valence-corrected chi connectivity index (χ0v) is 12.0. The van der Waals surface area contributed by atoms with Crippen LogP contribution in [0.5, 0.6) is 0 Å². The summed E-state index contributed by atoms with van der Waals surface area (Å²) in [5.74, 6) is 0.732. The predicted octanol–water partition coefficient (Wildman–Crippen LogP) is 3.69. The maximum absolute atomic E-state index is 4.56. The Labute approximate surface area is 123 Å². The second-order valence-corrected chi connectivity index (χ2v) is 4.97. The van der Waals surface area contributed by atoms with Crippen LogP contribution in [0.4, 0.5) is 5.82 Å². The third-order valence-corrected chi connectivity index (χ3v) is 3.23. The molecule has 0 unspecified atom stereocenters. The van der Waals surface area contributed by atoms with Crippen LogP contribution in [0.1, 0.15) is 16.8 Å². The van der Waals surface area contributed by atoms with Crippen LogP contribution in [0.25, 0.3) is 10.9 Å². The highest BCUT2D eigenvalue weighted by Crippen LogP contribution is 2.21. The molecule has 0 aliphatic rings. The zero-order chi connectivity index (χ0) is 14.7. The Kier molecular flexibility index (Phi) is 3.60. The van der Waals surface area contributed by atoms with Gasteiger partial charge >= 0.3 is 0 Å². The first-order chi connectivity index (χ1) is 10.2.